The molecule has 1 aromatic rings. The van der Waals surface area contributed by atoms with Crippen molar-refractivity contribution >= 4 is 15.9 Å². The van der Waals surface area contributed by atoms with Crippen LogP contribution in [0.25, 0.3) is 0 Å². The van der Waals surface area contributed by atoms with E-state index in [-0.39, 0.29) is 5.69 Å². The van der Waals surface area contributed by atoms with Crippen LogP contribution in [0.1, 0.15) is 5.69 Å². The summed E-state index contributed by atoms with van der Waals surface area (Å²) in [6, 6.07) is 1.09. The molecule has 78 valence electrons. The molecule has 1 heterocycles. The van der Waals surface area contributed by atoms with Gasteiger partial charge in [0.15, 0.2) is 5.75 Å². The monoisotopic (exact) mass is 271 g/mol. The highest BCUT2D eigenvalue weighted by atomic mass is 79.9. The predicted octanol–water partition coefficient (Wildman–Crippen LogP) is 2.24. The zero-order valence-electron chi connectivity index (χ0n) is 6.68. The molecule has 0 bridgehead atoms. The van der Waals surface area contributed by atoms with Gasteiger partial charge in [-0.2, -0.15) is 0 Å². The molecular weight excluding hydrogens is 267 g/mol. The number of hydrogen-bond donors (Lipinski definition) is 1. The van der Waals surface area contributed by atoms with Crippen molar-refractivity contribution in [2.75, 3.05) is 0 Å². The second-order valence-electron chi connectivity index (χ2n) is 2.30. The normalized spacial score (nSPS) is 11.5. The molecule has 0 aliphatic heterocycles. The maximum Gasteiger partial charge on any atom is 0.573 e. The SMILES string of the molecule is OCc1ncc(Br)cc1OC(F)(F)F. The third-order valence-electron chi connectivity index (χ3n) is 1.27. The van der Waals surface area contributed by atoms with E-state index in [2.05, 4.69) is 25.7 Å². The lowest BCUT2D eigenvalue weighted by Crippen LogP contribution is -2.18. The van der Waals surface area contributed by atoms with Gasteiger partial charge >= 0.3 is 6.36 Å². The minimum atomic E-state index is -4.79. The van der Waals surface area contributed by atoms with Crippen LogP contribution in [0.2, 0.25) is 0 Å². The van der Waals surface area contributed by atoms with Crippen LogP contribution in [0.5, 0.6) is 5.75 Å². The first kappa shape index (κ1) is 11.3. The number of pyridine rings is 1. The number of aliphatic hydroxyl groups is 1. The number of alkyl halides is 3. The number of aliphatic hydroxyl groups excluding tert-OH is 1. The molecule has 0 unspecified atom stereocenters. The Bertz CT molecular complexity index is 329. The number of rotatable bonds is 2. The maximum atomic E-state index is 11.8. The van der Waals surface area contributed by atoms with Gasteiger partial charge in [0.05, 0.1) is 6.61 Å². The molecule has 0 aromatic carbocycles. The molecule has 0 fully saturated rings. The quantitative estimate of drug-likeness (QED) is 0.897. The molecule has 0 spiro atoms. The van der Waals surface area contributed by atoms with Gasteiger partial charge in [0.2, 0.25) is 0 Å². The average molecular weight is 272 g/mol. The highest BCUT2D eigenvalue weighted by Crippen LogP contribution is 2.27. The van der Waals surface area contributed by atoms with E-state index >= 15 is 0 Å². The lowest BCUT2D eigenvalue weighted by Gasteiger charge is -2.11. The van der Waals surface area contributed by atoms with Crippen LogP contribution in [-0.4, -0.2) is 16.5 Å². The maximum absolute atomic E-state index is 11.8. The van der Waals surface area contributed by atoms with Crippen LogP contribution in [0.4, 0.5) is 13.2 Å². The summed E-state index contributed by atoms with van der Waals surface area (Å²) in [6.07, 6.45) is -3.51. The first-order valence-corrected chi connectivity index (χ1v) is 4.22. The summed E-state index contributed by atoms with van der Waals surface area (Å²) in [5.74, 6) is -0.505. The van der Waals surface area contributed by atoms with Crippen molar-refractivity contribution in [1.29, 1.82) is 0 Å². The minimum absolute atomic E-state index is 0.162. The Morgan fingerprint density at radius 1 is 1.50 bits per heavy atom. The Balaban J connectivity index is 2.99. The molecule has 0 atom stereocenters. The number of nitrogens with zero attached hydrogens (tertiary/aromatic N) is 1. The molecule has 1 rings (SSSR count). The van der Waals surface area contributed by atoms with Crippen LogP contribution >= 0.6 is 15.9 Å². The summed E-state index contributed by atoms with van der Waals surface area (Å²) in [6.45, 7) is -0.612. The van der Waals surface area contributed by atoms with Gasteiger partial charge in [-0.1, -0.05) is 0 Å². The standard InChI is InChI=1S/C7H5BrF3NO2/c8-4-1-6(14-7(9,10)11)5(3-13)12-2-4/h1-2,13H,3H2. The van der Waals surface area contributed by atoms with Gasteiger partial charge in [-0.15, -0.1) is 13.2 Å². The molecule has 0 aliphatic rings. The molecule has 3 nitrogen and oxygen atoms in total. The summed E-state index contributed by atoms with van der Waals surface area (Å²) in [5.41, 5.74) is -0.162. The number of aromatic nitrogens is 1. The highest BCUT2D eigenvalue weighted by molar-refractivity contribution is 9.10. The molecule has 7 heteroatoms. The van der Waals surface area contributed by atoms with E-state index < -0.39 is 18.7 Å². The van der Waals surface area contributed by atoms with Gasteiger partial charge in [-0.25, -0.2) is 0 Å². The van der Waals surface area contributed by atoms with Crippen molar-refractivity contribution in [3.8, 4) is 5.75 Å². The van der Waals surface area contributed by atoms with E-state index in [1.165, 1.54) is 6.20 Å². The van der Waals surface area contributed by atoms with Crippen molar-refractivity contribution < 1.29 is 23.0 Å². The van der Waals surface area contributed by atoms with Crippen LogP contribution in [0.15, 0.2) is 16.7 Å². The van der Waals surface area contributed by atoms with Gasteiger partial charge in [0.1, 0.15) is 5.69 Å². The van der Waals surface area contributed by atoms with E-state index in [1.807, 2.05) is 0 Å². The molecular formula is C7H5BrF3NO2. The van der Waals surface area contributed by atoms with E-state index in [0.717, 1.165) is 6.07 Å². The van der Waals surface area contributed by atoms with Gasteiger partial charge in [0.25, 0.3) is 0 Å². The Morgan fingerprint density at radius 3 is 2.64 bits per heavy atom. The molecule has 0 aliphatic carbocycles. The highest BCUT2D eigenvalue weighted by Gasteiger charge is 2.32. The fourth-order valence-electron chi connectivity index (χ4n) is 0.781. The van der Waals surface area contributed by atoms with Crippen molar-refractivity contribution in [3.05, 3.63) is 22.4 Å². The zero-order valence-corrected chi connectivity index (χ0v) is 8.26. The molecule has 1 N–H and O–H groups in total. The van der Waals surface area contributed by atoms with Crippen LogP contribution in [0.3, 0.4) is 0 Å². The fourth-order valence-corrected chi connectivity index (χ4v) is 1.09. The topological polar surface area (TPSA) is 42.4 Å². The Hall–Kier alpha value is -0.820. The van der Waals surface area contributed by atoms with Gasteiger partial charge in [0, 0.05) is 10.7 Å². The molecule has 0 saturated heterocycles. The molecule has 14 heavy (non-hydrogen) atoms. The number of halogens is 4. The third kappa shape index (κ3) is 3.15. The van der Waals surface area contributed by atoms with Crippen LogP contribution in [-0.2, 0) is 6.61 Å². The van der Waals surface area contributed by atoms with Gasteiger partial charge in [-0.3, -0.25) is 4.98 Å². The number of hydrogen-bond acceptors (Lipinski definition) is 3. The van der Waals surface area contributed by atoms with Crippen molar-refractivity contribution in [1.82, 2.24) is 4.98 Å². The van der Waals surface area contributed by atoms with Crippen LogP contribution < -0.4 is 4.74 Å². The summed E-state index contributed by atoms with van der Waals surface area (Å²) in [5, 5.41) is 8.68. The predicted molar refractivity (Wildman–Crippen MR) is 44.5 cm³/mol. The number of ether oxygens (including phenoxy) is 1. The van der Waals surface area contributed by atoms with Gasteiger partial charge in [-0.05, 0) is 22.0 Å². The average Bonchev–Trinajstić information content (AvgIpc) is 2.01. The largest absolute Gasteiger partial charge is 0.573 e. The Kier molecular flexibility index (Phi) is 3.33. The van der Waals surface area contributed by atoms with Crippen molar-refractivity contribution in [2.45, 2.75) is 13.0 Å². The van der Waals surface area contributed by atoms with Crippen molar-refractivity contribution in [2.24, 2.45) is 0 Å². The molecule has 0 radical (unpaired) electrons. The Morgan fingerprint density at radius 2 is 2.14 bits per heavy atom. The fraction of sp³-hybridized carbons (Fsp3) is 0.286. The van der Waals surface area contributed by atoms with E-state index in [0.29, 0.717) is 4.47 Å². The molecule has 1 aromatic heterocycles. The van der Waals surface area contributed by atoms with E-state index in [4.69, 9.17) is 5.11 Å². The summed E-state index contributed by atoms with van der Waals surface area (Å²) < 4.78 is 39.5. The second-order valence-corrected chi connectivity index (χ2v) is 3.22. The molecule has 0 amide bonds. The Labute approximate surface area is 85.7 Å². The van der Waals surface area contributed by atoms with E-state index in [1.54, 1.807) is 0 Å². The van der Waals surface area contributed by atoms with Crippen molar-refractivity contribution in [3.63, 3.8) is 0 Å². The van der Waals surface area contributed by atoms with Crippen LogP contribution in [0, 0.1) is 0 Å². The lowest BCUT2D eigenvalue weighted by atomic mass is 10.3. The van der Waals surface area contributed by atoms with E-state index in [9.17, 15) is 13.2 Å². The summed E-state index contributed by atoms with van der Waals surface area (Å²) in [4.78, 5) is 3.56. The second kappa shape index (κ2) is 4.14. The first-order chi connectivity index (χ1) is 6.42. The summed E-state index contributed by atoms with van der Waals surface area (Å²) >= 11 is 2.94. The lowest BCUT2D eigenvalue weighted by molar-refractivity contribution is -0.275. The van der Waals surface area contributed by atoms with Gasteiger partial charge < -0.3 is 9.84 Å². The molecule has 0 saturated carbocycles. The minimum Gasteiger partial charge on any atom is -0.404 e. The first-order valence-electron chi connectivity index (χ1n) is 3.43. The smallest absolute Gasteiger partial charge is 0.404 e. The summed E-state index contributed by atoms with van der Waals surface area (Å²) in [7, 11) is 0. The third-order valence-corrected chi connectivity index (χ3v) is 1.71. The zero-order chi connectivity index (χ0) is 10.8.